The predicted molar refractivity (Wildman–Crippen MR) is 51.5 cm³/mol. The largest absolute Gasteiger partial charge is 0.388 e. The van der Waals surface area contributed by atoms with E-state index in [0.29, 0.717) is 0 Å². The SMILES string of the molecule is CC(C)(O)COCC(F)(F)C(C)(C)C. The molecule has 0 amide bonds. The number of alkyl halides is 2. The Kier molecular flexibility index (Phi) is 4.04. The van der Waals surface area contributed by atoms with Gasteiger partial charge in [-0.3, -0.25) is 0 Å². The molecule has 0 bridgehead atoms. The molecule has 0 aliphatic heterocycles. The van der Waals surface area contributed by atoms with Gasteiger partial charge < -0.3 is 9.84 Å². The minimum Gasteiger partial charge on any atom is -0.388 e. The quantitative estimate of drug-likeness (QED) is 0.772. The van der Waals surface area contributed by atoms with Gasteiger partial charge in [-0.2, -0.15) is 0 Å². The maximum absolute atomic E-state index is 13.3. The van der Waals surface area contributed by atoms with E-state index >= 15 is 0 Å². The molecular weight excluding hydrogens is 190 g/mol. The van der Waals surface area contributed by atoms with Crippen molar-refractivity contribution in [3.63, 3.8) is 0 Å². The van der Waals surface area contributed by atoms with E-state index in [1.54, 1.807) is 0 Å². The smallest absolute Gasteiger partial charge is 0.275 e. The molecule has 1 N–H and O–H groups in total. The topological polar surface area (TPSA) is 29.5 Å². The van der Waals surface area contributed by atoms with E-state index in [-0.39, 0.29) is 6.61 Å². The third-order valence-corrected chi connectivity index (χ3v) is 1.84. The van der Waals surface area contributed by atoms with E-state index < -0.39 is 23.5 Å². The van der Waals surface area contributed by atoms with Crippen LogP contribution in [0.4, 0.5) is 8.78 Å². The zero-order valence-electron chi connectivity index (χ0n) is 9.53. The van der Waals surface area contributed by atoms with Gasteiger partial charge in [0.2, 0.25) is 0 Å². The third kappa shape index (κ3) is 4.86. The molecule has 0 rings (SSSR count). The second kappa shape index (κ2) is 4.11. The zero-order chi connectivity index (χ0) is 11.6. The van der Waals surface area contributed by atoms with Crippen molar-refractivity contribution in [2.24, 2.45) is 5.41 Å². The summed E-state index contributed by atoms with van der Waals surface area (Å²) in [6.45, 7) is 6.67. The first-order chi connectivity index (χ1) is 5.96. The maximum Gasteiger partial charge on any atom is 0.275 e. The Hall–Kier alpha value is -0.220. The molecule has 14 heavy (non-hydrogen) atoms. The summed E-state index contributed by atoms with van der Waals surface area (Å²) in [6.07, 6.45) is 0. The molecule has 0 atom stereocenters. The first-order valence-electron chi connectivity index (χ1n) is 4.64. The molecule has 0 aromatic carbocycles. The highest BCUT2D eigenvalue weighted by atomic mass is 19.3. The van der Waals surface area contributed by atoms with Gasteiger partial charge in [0.1, 0.15) is 6.61 Å². The number of hydrogen-bond acceptors (Lipinski definition) is 2. The maximum atomic E-state index is 13.3. The van der Waals surface area contributed by atoms with Crippen LogP contribution >= 0.6 is 0 Å². The molecule has 86 valence electrons. The van der Waals surface area contributed by atoms with Gasteiger partial charge >= 0.3 is 0 Å². The summed E-state index contributed by atoms with van der Waals surface area (Å²) in [5.41, 5.74) is -2.18. The number of aliphatic hydroxyl groups is 1. The fourth-order valence-corrected chi connectivity index (χ4v) is 0.645. The summed E-state index contributed by atoms with van der Waals surface area (Å²) in [5, 5.41) is 9.25. The molecule has 0 unspecified atom stereocenters. The van der Waals surface area contributed by atoms with Crippen LogP contribution in [0, 0.1) is 5.41 Å². The fraction of sp³-hybridized carbons (Fsp3) is 1.00. The lowest BCUT2D eigenvalue weighted by atomic mass is 9.88. The van der Waals surface area contributed by atoms with Crippen LogP contribution in [0.25, 0.3) is 0 Å². The van der Waals surface area contributed by atoms with Gasteiger partial charge in [0, 0.05) is 5.41 Å². The Morgan fingerprint density at radius 2 is 1.43 bits per heavy atom. The van der Waals surface area contributed by atoms with Crippen LogP contribution in [0.5, 0.6) is 0 Å². The summed E-state index contributed by atoms with van der Waals surface area (Å²) in [6, 6.07) is 0. The monoisotopic (exact) mass is 210 g/mol. The predicted octanol–water partition coefficient (Wildman–Crippen LogP) is 2.46. The van der Waals surface area contributed by atoms with Crippen LogP contribution < -0.4 is 0 Å². The van der Waals surface area contributed by atoms with Crippen LogP contribution in [0.3, 0.4) is 0 Å². The number of hydrogen-bond donors (Lipinski definition) is 1. The van der Waals surface area contributed by atoms with Gasteiger partial charge in [-0.05, 0) is 13.8 Å². The van der Waals surface area contributed by atoms with Crippen LogP contribution in [0.15, 0.2) is 0 Å². The van der Waals surface area contributed by atoms with Crippen LogP contribution in [0.2, 0.25) is 0 Å². The zero-order valence-corrected chi connectivity index (χ0v) is 9.53. The summed E-state index contributed by atoms with van der Waals surface area (Å²) in [4.78, 5) is 0. The molecule has 0 spiro atoms. The number of rotatable bonds is 4. The van der Waals surface area contributed by atoms with Crippen LogP contribution in [0.1, 0.15) is 34.6 Å². The molecule has 0 radical (unpaired) electrons. The third-order valence-electron chi connectivity index (χ3n) is 1.84. The van der Waals surface area contributed by atoms with Gasteiger partial charge in [-0.1, -0.05) is 20.8 Å². The summed E-state index contributed by atoms with van der Waals surface area (Å²) in [7, 11) is 0. The molecule has 2 nitrogen and oxygen atoms in total. The molecule has 0 saturated heterocycles. The van der Waals surface area contributed by atoms with E-state index in [1.807, 2.05) is 0 Å². The molecule has 0 aliphatic rings. The molecular formula is C10H20F2O2. The van der Waals surface area contributed by atoms with Gasteiger partial charge in [0.05, 0.1) is 12.2 Å². The summed E-state index contributed by atoms with van der Waals surface area (Å²) in [5.74, 6) is -2.88. The molecule has 0 heterocycles. The van der Waals surface area contributed by atoms with E-state index in [2.05, 4.69) is 0 Å². The molecule has 0 saturated carbocycles. The highest BCUT2D eigenvalue weighted by Crippen LogP contribution is 2.35. The van der Waals surface area contributed by atoms with Gasteiger partial charge in [-0.15, -0.1) is 0 Å². The highest BCUT2D eigenvalue weighted by Gasteiger charge is 2.43. The minimum absolute atomic E-state index is 0.0847. The van der Waals surface area contributed by atoms with Crippen molar-refractivity contribution in [1.29, 1.82) is 0 Å². The van der Waals surface area contributed by atoms with E-state index in [1.165, 1.54) is 34.6 Å². The van der Waals surface area contributed by atoms with Crippen molar-refractivity contribution >= 4 is 0 Å². The van der Waals surface area contributed by atoms with Crippen LogP contribution in [-0.4, -0.2) is 29.8 Å². The van der Waals surface area contributed by atoms with Gasteiger partial charge in [0.15, 0.2) is 0 Å². The van der Waals surface area contributed by atoms with E-state index in [4.69, 9.17) is 4.74 Å². The second-order valence-corrected chi connectivity index (χ2v) is 5.26. The molecule has 4 heteroatoms. The van der Waals surface area contributed by atoms with Crippen molar-refractivity contribution in [1.82, 2.24) is 0 Å². The lowest BCUT2D eigenvalue weighted by Gasteiger charge is -2.30. The summed E-state index contributed by atoms with van der Waals surface area (Å²) < 4.78 is 31.4. The average molecular weight is 210 g/mol. The highest BCUT2D eigenvalue weighted by molar-refractivity contribution is 4.81. The van der Waals surface area contributed by atoms with Crippen LogP contribution in [-0.2, 0) is 4.74 Å². The molecule has 0 aromatic heterocycles. The Balaban J connectivity index is 4.02. The van der Waals surface area contributed by atoms with E-state index in [0.717, 1.165) is 0 Å². The van der Waals surface area contributed by atoms with Crippen molar-refractivity contribution in [3.8, 4) is 0 Å². The standard InChI is InChI=1S/C10H20F2O2/c1-8(2,3)10(11,12)7-14-6-9(4,5)13/h13H,6-7H2,1-5H3. The lowest BCUT2D eigenvalue weighted by molar-refractivity contribution is -0.159. The second-order valence-electron chi connectivity index (χ2n) is 5.26. The molecule has 0 aliphatic carbocycles. The fourth-order valence-electron chi connectivity index (χ4n) is 0.645. The number of ether oxygens (including phenoxy) is 1. The summed E-state index contributed by atoms with van der Waals surface area (Å²) >= 11 is 0. The Morgan fingerprint density at radius 1 is 1.00 bits per heavy atom. The molecule has 0 fully saturated rings. The Bertz CT molecular complexity index is 178. The minimum atomic E-state index is -2.88. The lowest BCUT2D eigenvalue weighted by Crippen LogP contribution is -2.40. The van der Waals surface area contributed by atoms with Crippen molar-refractivity contribution in [3.05, 3.63) is 0 Å². The van der Waals surface area contributed by atoms with Crippen molar-refractivity contribution in [2.45, 2.75) is 46.1 Å². The Morgan fingerprint density at radius 3 is 1.71 bits per heavy atom. The van der Waals surface area contributed by atoms with Crippen molar-refractivity contribution in [2.75, 3.05) is 13.2 Å². The van der Waals surface area contributed by atoms with Crippen molar-refractivity contribution < 1.29 is 18.6 Å². The first kappa shape index (κ1) is 13.8. The average Bonchev–Trinajstić information content (AvgIpc) is 1.80. The van der Waals surface area contributed by atoms with Gasteiger partial charge in [0.25, 0.3) is 5.92 Å². The first-order valence-corrected chi connectivity index (χ1v) is 4.64. The Labute approximate surface area is 84.3 Å². The van der Waals surface area contributed by atoms with Gasteiger partial charge in [-0.25, -0.2) is 8.78 Å². The number of halogens is 2. The normalized spacial score (nSPS) is 14.6. The van der Waals surface area contributed by atoms with E-state index in [9.17, 15) is 13.9 Å². The molecule has 0 aromatic rings.